The van der Waals surface area contributed by atoms with Crippen LogP contribution in [0.3, 0.4) is 0 Å². The molecule has 0 aliphatic carbocycles. The van der Waals surface area contributed by atoms with E-state index < -0.39 is 0 Å². The van der Waals surface area contributed by atoms with Crippen LogP contribution in [-0.2, 0) is 0 Å². The molecule has 0 atom stereocenters. The topological polar surface area (TPSA) is 64.3 Å². The van der Waals surface area contributed by atoms with Crippen LogP contribution < -0.4 is 15.4 Å². The molecule has 21 heavy (non-hydrogen) atoms. The van der Waals surface area contributed by atoms with Gasteiger partial charge >= 0.3 is 6.01 Å². The Morgan fingerprint density at radius 1 is 1.38 bits per heavy atom. The highest BCUT2D eigenvalue weighted by molar-refractivity contribution is 7.80. The van der Waals surface area contributed by atoms with Crippen LogP contribution in [0.4, 0.5) is 11.5 Å². The highest BCUT2D eigenvalue weighted by Gasteiger charge is 2.16. The molecule has 0 aliphatic heterocycles. The molecule has 0 saturated carbocycles. The van der Waals surface area contributed by atoms with Crippen molar-refractivity contribution in [2.24, 2.45) is 5.73 Å². The van der Waals surface area contributed by atoms with E-state index in [1.807, 2.05) is 35.2 Å². The second kappa shape index (κ2) is 7.19. The fraction of sp³-hybridized carbons (Fsp3) is 0.214. The highest BCUT2D eigenvalue weighted by Crippen LogP contribution is 2.30. The molecule has 1 aromatic carbocycles. The summed E-state index contributed by atoms with van der Waals surface area (Å²) in [6.45, 7) is 0.569. The van der Waals surface area contributed by atoms with Crippen molar-refractivity contribution < 1.29 is 4.74 Å². The number of hydrogen-bond acceptors (Lipinski definition) is 5. The summed E-state index contributed by atoms with van der Waals surface area (Å²) in [7, 11) is 1.51. The Kier molecular flexibility index (Phi) is 5.30. The summed E-state index contributed by atoms with van der Waals surface area (Å²) in [5.74, 6) is 0.561. The molecular formula is C14H15ClN4OS. The summed E-state index contributed by atoms with van der Waals surface area (Å²) in [6, 6.07) is 10.0. The van der Waals surface area contributed by atoms with Crippen LogP contribution in [-0.4, -0.2) is 28.6 Å². The summed E-state index contributed by atoms with van der Waals surface area (Å²) < 4.78 is 5.06. The van der Waals surface area contributed by atoms with E-state index in [1.165, 1.54) is 13.3 Å². The van der Waals surface area contributed by atoms with Gasteiger partial charge in [0.15, 0.2) is 5.82 Å². The van der Waals surface area contributed by atoms with Gasteiger partial charge in [0, 0.05) is 18.7 Å². The first kappa shape index (κ1) is 15.5. The number of ether oxygens (including phenoxy) is 1. The maximum Gasteiger partial charge on any atom is 0.318 e. The van der Waals surface area contributed by atoms with Crippen molar-refractivity contribution in [1.82, 2.24) is 9.97 Å². The maximum absolute atomic E-state index is 6.23. The smallest absolute Gasteiger partial charge is 0.318 e. The number of halogens is 1. The standard InChI is InChI=1S/C14H15ClN4OS/c1-20-14-17-9-11(15)13(18-14)19(8-7-12(16)21)10-5-3-2-4-6-10/h2-6,9H,7-8H2,1H3,(H2,16,21). The Labute approximate surface area is 133 Å². The molecule has 1 aromatic heterocycles. The molecule has 7 heteroatoms. The molecule has 2 rings (SSSR count). The van der Waals surface area contributed by atoms with Crippen LogP contribution in [0, 0.1) is 0 Å². The number of methoxy groups -OCH3 is 1. The molecule has 0 saturated heterocycles. The monoisotopic (exact) mass is 322 g/mol. The van der Waals surface area contributed by atoms with Gasteiger partial charge in [0.1, 0.15) is 5.02 Å². The van der Waals surface area contributed by atoms with Gasteiger partial charge in [-0.15, -0.1) is 0 Å². The molecule has 5 nitrogen and oxygen atoms in total. The molecule has 0 aliphatic rings. The first-order valence-electron chi connectivity index (χ1n) is 6.29. The number of hydrogen-bond donors (Lipinski definition) is 1. The molecule has 1 heterocycles. The van der Waals surface area contributed by atoms with E-state index in [0.717, 1.165) is 5.69 Å². The van der Waals surface area contributed by atoms with E-state index in [9.17, 15) is 0 Å². The van der Waals surface area contributed by atoms with Gasteiger partial charge < -0.3 is 15.4 Å². The van der Waals surface area contributed by atoms with Crippen molar-refractivity contribution in [3.63, 3.8) is 0 Å². The van der Waals surface area contributed by atoms with Crippen LogP contribution in [0.5, 0.6) is 6.01 Å². The van der Waals surface area contributed by atoms with Gasteiger partial charge in [-0.3, -0.25) is 0 Å². The van der Waals surface area contributed by atoms with Gasteiger partial charge in [0.2, 0.25) is 0 Å². The van der Waals surface area contributed by atoms with Gasteiger partial charge in [0.05, 0.1) is 18.3 Å². The number of thiocarbonyl (C=S) groups is 1. The summed E-state index contributed by atoms with van der Waals surface area (Å²) in [4.78, 5) is 10.7. The second-order valence-corrected chi connectivity index (χ2v) is 5.16. The number of anilines is 2. The summed E-state index contributed by atoms with van der Waals surface area (Å²) in [5.41, 5.74) is 6.55. The minimum Gasteiger partial charge on any atom is -0.467 e. The lowest BCUT2D eigenvalue weighted by Gasteiger charge is -2.24. The molecule has 0 spiro atoms. The molecule has 0 radical (unpaired) electrons. The number of para-hydroxylation sites is 1. The first-order valence-corrected chi connectivity index (χ1v) is 7.08. The lowest BCUT2D eigenvalue weighted by Crippen LogP contribution is -2.24. The SMILES string of the molecule is COc1ncc(Cl)c(N(CCC(N)=S)c2ccccc2)n1. The van der Waals surface area contributed by atoms with E-state index >= 15 is 0 Å². The van der Waals surface area contributed by atoms with Gasteiger partial charge in [0.25, 0.3) is 0 Å². The van der Waals surface area contributed by atoms with Crippen molar-refractivity contribution in [2.75, 3.05) is 18.6 Å². The average molecular weight is 323 g/mol. The summed E-state index contributed by atoms with van der Waals surface area (Å²) in [6.07, 6.45) is 2.06. The fourth-order valence-corrected chi connectivity index (χ4v) is 2.10. The Morgan fingerprint density at radius 2 is 2.10 bits per heavy atom. The number of benzene rings is 1. The maximum atomic E-state index is 6.23. The van der Waals surface area contributed by atoms with Crippen LogP contribution in [0.25, 0.3) is 0 Å². The van der Waals surface area contributed by atoms with Crippen molar-refractivity contribution in [3.05, 3.63) is 41.6 Å². The average Bonchev–Trinajstić information content (AvgIpc) is 2.50. The minimum atomic E-state index is 0.255. The lowest BCUT2D eigenvalue weighted by molar-refractivity contribution is 0.380. The molecular weight excluding hydrogens is 308 g/mol. The van der Waals surface area contributed by atoms with Crippen molar-refractivity contribution in [2.45, 2.75) is 6.42 Å². The van der Waals surface area contributed by atoms with Crippen LogP contribution in [0.1, 0.15) is 6.42 Å². The predicted octanol–water partition coefficient (Wildman–Crippen LogP) is 2.95. The molecule has 2 aromatic rings. The van der Waals surface area contributed by atoms with Crippen LogP contribution in [0.2, 0.25) is 5.02 Å². The molecule has 0 unspecified atom stereocenters. The van der Waals surface area contributed by atoms with E-state index in [4.69, 9.17) is 34.3 Å². The third kappa shape index (κ3) is 4.03. The summed E-state index contributed by atoms with van der Waals surface area (Å²) in [5, 5.41) is 0.433. The van der Waals surface area contributed by atoms with E-state index in [1.54, 1.807) is 0 Å². The predicted molar refractivity (Wildman–Crippen MR) is 88.4 cm³/mol. The largest absolute Gasteiger partial charge is 0.467 e. The minimum absolute atomic E-state index is 0.255. The molecule has 110 valence electrons. The van der Waals surface area contributed by atoms with Gasteiger partial charge in [-0.1, -0.05) is 42.0 Å². The Bertz CT molecular complexity index is 624. The third-order valence-electron chi connectivity index (χ3n) is 2.79. The van der Waals surface area contributed by atoms with Crippen LogP contribution in [0.15, 0.2) is 36.5 Å². The van der Waals surface area contributed by atoms with E-state index in [0.29, 0.717) is 28.8 Å². The molecule has 0 amide bonds. The van der Waals surface area contributed by atoms with Gasteiger partial charge in [-0.25, -0.2) is 4.98 Å². The zero-order valence-corrected chi connectivity index (χ0v) is 13.1. The van der Waals surface area contributed by atoms with Gasteiger partial charge in [-0.2, -0.15) is 4.98 Å². The number of nitrogens with zero attached hydrogens (tertiary/aromatic N) is 3. The van der Waals surface area contributed by atoms with Crippen molar-refractivity contribution in [1.29, 1.82) is 0 Å². The zero-order valence-electron chi connectivity index (χ0n) is 11.5. The van der Waals surface area contributed by atoms with Crippen molar-refractivity contribution in [3.8, 4) is 6.01 Å². The van der Waals surface area contributed by atoms with E-state index in [-0.39, 0.29) is 6.01 Å². The first-order chi connectivity index (χ1) is 10.1. The number of rotatable bonds is 6. The van der Waals surface area contributed by atoms with Crippen molar-refractivity contribution >= 4 is 40.3 Å². The zero-order chi connectivity index (χ0) is 15.2. The Morgan fingerprint density at radius 3 is 2.71 bits per heavy atom. The second-order valence-electron chi connectivity index (χ2n) is 4.23. The number of nitrogens with two attached hydrogens (primary N) is 1. The lowest BCUT2D eigenvalue weighted by atomic mass is 10.2. The molecule has 0 fully saturated rings. The normalized spacial score (nSPS) is 10.2. The van der Waals surface area contributed by atoms with Gasteiger partial charge in [-0.05, 0) is 12.1 Å². The summed E-state index contributed by atoms with van der Waals surface area (Å²) >= 11 is 11.2. The van der Waals surface area contributed by atoms with Crippen LogP contribution >= 0.6 is 23.8 Å². The Balaban J connectivity index is 2.41. The fourth-order valence-electron chi connectivity index (χ4n) is 1.82. The molecule has 0 bridgehead atoms. The van der Waals surface area contributed by atoms with E-state index in [2.05, 4.69) is 9.97 Å². The Hall–Kier alpha value is -1.92. The highest BCUT2D eigenvalue weighted by atomic mass is 35.5. The third-order valence-corrected chi connectivity index (χ3v) is 3.26. The molecule has 2 N–H and O–H groups in total. The number of aromatic nitrogens is 2. The quantitative estimate of drug-likeness (QED) is 0.825.